The summed E-state index contributed by atoms with van der Waals surface area (Å²) in [4.78, 5) is 14.9. The highest BCUT2D eigenvalue weighted by molar-refractivity contribution is 5.95. The van der Waals surface area contributed by atoms with Gasteiger partial charge < -0.3 is 24.3 Å². The minimum absolute atomic E-state index is 0.0245. The second kappa shape index (κ2) is 8.35. The van der Waals surface area contributed by atoms with Crippen LogP contribution in [0.15, 0.2) is 30.3 Å². The zero-order chi connectivity index (χ0) is 23.1. The number of amides is 1. The monoisotopic (exact) mass is 451 g/mol. The number of likely N-dealkylation sites (tertiary alicyclic amines) is 1. The fourth-order valence-electron chi connectivity index (χ4n) is 4.73. The maximum Gasteiger partial charge on any atom is 0.431 e. The molecular weight excluding hydrogens is 423 g/mol. The number of rotatable bonds is 4. The number of fused-ring (bicyclic) bond motifs is 2. The van der Waals surface area contributed by atoms with Gasteiger partial charge in [-0.3, -0.25) is 4.79 Å². The molecule has 9 heteroatoms. The Morgan fingerprint density at radius 1 is 1.09 bits per heavy atom. The van der Waals surface area contributed by atoms with Crippen molar-refractivity contribution < 1.29 is 27.4 Å². The predicted octanol–water partition coefficient (Wildman–Crippen LogP) is 4.04. The first-order valence-corrected chi connectivity index (χ1v) is 10.8. The predicted molar refractivity (Wildman–Crippen MR) is 113 cm³/mol. The van der Waals surface area contributed by atoms with Crippen LogP contribution in [0.25, 0.3) is 0 Å². The first-order chi connectivity index (χ1) is 15.1. The first kappa shape index (κ1) is 22.5. The van der Waals surface area contributed by atoms with Gasteiger partial charge in [-0.25, -0.2) is 0 Å². The Balaban J connectivity index is 1.50. The Hall–Kier alpha value is -2.68. The van der Waals surface area contributed by atoms with E-state index < -0.39 is 17.4 Å². The SMILES string of the molecule is COc1cc(C(=O)N2CCC3(CC2)NCCn2c(C(F)(F)F)ccc23)ccc1OC(C)C. The Labute approximate surface area is 185 Å². The Morgan fingerprint density at radius 3 is 2.44 bits per heavy atom. The fourth-order valence-corrected chi connectivity index (χ4v) is 4.73. The number of hydrogen-bond acceptors (Lipinski definition) is 4. The van der Waals surface area contributed by atoms with Gasteiger partial charge in [0.25, 0.3) is 5.91 Å². The molecule has 0 saturated carbocycles. The highest BCUT2D eigenvalue weighted by Gasteiger charge is 2.44. The maximum atomic E-state index is 13.4. The third kappa shape index (κ3) is 4.05. The van der Waals surface area contributed by atoms with Crippen molar-refractivity contribution in [1.29, 1.82) is 0 Å². The fraction of sp³-hybridized carbons (Fsp3) is 0.522. The normalized spacial score (nSPS) is 18.0. The molecule has 32 heavy (non-hydrogen) atoms. The van der Waals surface area contributed by atoms with Crippen LogP contribution >= 0.6 is 0 Å². The number of nitrogens with one attached hydrogen (secondary N) is 1. The third-order valence-electron chi connectivity index (χ3n) is 6.24. The van der Waals surface area contributed by atoms with Gasteiger partial charge in [-0.1, -0.05) is 0 Å². The van der Waals surface area contributed by atoms with Crippen molar-refractivity contribution in [3.63, 3.8) is 0 Å². The van der Waals surface area contributed by atoms with Crippen molar-refractivity contribution in [2.24, 2.45) is 0 Å². The van der Waals surface area contributed by atoms with Crippen LogP contribution in [0.2, 0.25) is 0 Å². The number of aromatic nitrogens is 1. The van der Waals surface area contributed by atoms with E-state index >= 15 is 0 Å². The van der Waals surface area contributed by atoms with Crippen LogP contribution in [0, 0.1) is 0 Å². The average molecular weight is 451 g/mol. The van der Waals surface area contributed by atoms with Gasteiger partial charge in [0, 0.05) is 37.4 Å². The van der Waals surface area contributed by atoms with Gasteiger partial charge in [-0.15, -0.1) is 0 Å². The lowest BCUT2D eigenvalue weighted by Gasteiger charge is -2.45. The minimum atomic E-state index is -4.38. The Kier molecular flexibility index (Phi) is 5.87. The number of alkyl halides is 3. The van der Waals surface area contributed by atoms with Crippen LogP contribution in [-0.2, 0) is 18.3 Å². The van der Waals surface area contributed by atoms with Crippen LogP contribution in [0.4, 0.5) is 13.2 Å². The van der Waals surface area contributed by atoms with E-state index in [1.807, 2.05) is 13.8 Å². The van der Waals surface area contributed by atoms with E-state index in [-0.39, 0.29) is 18.6 Å². The molecule has 3 heterocycles. The van der Waals surface area contributed by atoms with Gasteiger partial charge in [-0.2, -0.15) is 13.2 Å². The summed E-state index contributed by atoms with van der Waals surface area (Å²) in [5.74, 6) is 0.935. The van der Waals surface area contributed by atoms with E-state index in [1.54, 1.807) is 29.2 Å². The molecule has 0 radical (unpaired) electrons. The summed E-state index contributed by atoms with van der Waals surface area (Å²) in [5, 5.41) is 3.44. The molecule has 2 aromatic rings. The highest BCUT2D eigenvalue weighted by Crippen LogP contribution is 2.40. The number of nitrogens with zero attached hydrogens (tertiary/aromatic N) is 2. The highest BCUT2D eigenvalue weighted by atomic mass is 19.4. The Morgan fingerprint density at radius 2 is 1.81 bits per heavy atom. The number of benzene rings is 1. The number of halogens is 3. The molecule has 1 saturated heterocycles. The lowest BCUT2D eigenvalue weighted by molar-refractivity contribution is -0.144. The average Bonchev–Trinajstić information content (AvgIpc) is 3.20. The molecule has 0 atom stereocenters. The van der Waals surface area contributed by atoms with E-state index in [0.29, 0.717) is 55.2 Å². The van der Waals surface area contributed by atoms with E-state index in [2.05, 4.69) is 5.32 Å². The van der Waals surface area contributed by atoms with Gasteiger partial charge in [-0.05, 0) is 57.0 Å². The van der Waals surface area contributed by atoms with Crippen molar-refractivity contribution in [2.45, 2.75) is 51.1 Å². The molecule has 6 nitrogen and oxygen atoms in total. The summed E-state index contributed by atoms with van der Waals surface area (Å²) in [7, 11) is 1.53. The smallest absolute Gasteiger partial charge is 0.431 e. The molecule has 2 aliphatic rings. The molecule has 0 aliphatic carbocycles. The lowest BCUT2D eigenvalue weighted by Crippen LogP contribution is -2.56. The Bertz CT molecular complexity index is 992. The largest absolute Gasteiger partial charge is 0.493 e. The molecule has 0 bridgehead atoms. The number of hydrogen-bond donors (Lipinski definition) is 1. The quantitative estimate of drug-likeness (QED) is 0.763. The zero-order valence-electron chi connectivity index (χ0n) is 18.5. The number of carbonyl (C=O) groups excluding carboxylic acids is 1. The number of methoxy groups -OCH3 is 1. The summed E-state index contributed by atoms with van der Waals surface area (Å²) in [5.41, 5.74) is -0.0125. The standard InChI is InChI=1S/C23H28F3N3O3/c1-15(2)32-17-5-4-16(14-18(17)31-3)21(30)28-11-8-22(9-12-28)19-6-7-20(23(24,25)26)29(19)13-10-27-22/h4-7,14-15,27H,8-13H2,1-3H3. The van der Waals surface area contributed by atoms with Crippen molar-refractivity contribution in [3.05, 3.63) is 47.3 Å². The molecule has 1 aromatic heterocycles. The van der Waals surface area contributed by atoms with E-state index in [1.165, 1.54) is 11.7 Å². The molecule has 2 aliphatic heterocycles. The number of ether oxygens (including phenoxy) is 2. The topological polar surface area (TPSA) is 55.7 Å². The van der Waals surface area contributed by atoms with Crippen molar-refractivity contribution in [2.75, 3.05) is 26.7 Å². The maximum absolute atomic E-state index is 13.4. The van der Waals surface area contributed by atoms with Gasteiger partial charge in [0.15, 0.2) is 11.5 Å². The van der Waals surface area contributed by atoms with E-state index in [4.69, 9.17) is 9.47 Å². The number of carbonyl (C=O) groups is 1. The third-order valence-corrected chi connectivity index (χ3v) is 6.24. The lowest BCUT2D eigenvalue weighted by atomic mass is 9.83. The zero-order valence-corrected chi connectivity index (χ0v) is 18.5. The summed E-state index contributed by atoms with van der Waals surface area (Å²) in [6, 6.07) is 7.85. The molecule has 1 spiro atoms. The van der Waals surface area contributed by atoms with E-state index in [0.717, 1.165) is 6.07 Å². The molecule has 1 fully saturated rings. The molecule has 0 unspecified atom stereocenters. The van der Waals surface area contributed by atoms with E-state index in [9.17, 15) is 18.0 Å². The van der Waals surface area contributed by atoms with Gasteiger partial charge in [0.1, 0.15) is 5.69 Å². The van der Waals surface area contributed by atoms with Crippen LogP contribution in [0.3, 0.4) is 0 Å². The second-order valence-corrected chi connectivity index (χ2v) is 8.59. The number of piperidine rings is 1. The summed E-state index contributed by atoms with van der Waals surface area (Å²) < 4.78 is 52.6. The van der Waals surface area contributed by atoms with Gasteiger partial charge in [0.2, 0.25) is 0 Å². The molecule has 174 valence electrons. The van der Waals surface area contributed by atoms with Crippen molar-refractivity contribution in [1.82, 2.24) is 14.8 Å². The summed E-state index contributed by atoms with van der Waals surface area (Å²) in [6.07, 6.45) is -3.31. The van der Waals surface area contributed by atoms with Crippen LogP contribution in [0.5, 0.6) is 11.5 Å². The molecule has 4 rings (SSSR count). The van der Waals surface area contributed by atoms with Crippen molar-refractivity contribution in [3.8, 4) is 11.5 Å². The van der Waals surface area contributed by atoms with Crippen LogP contribution in [-0.4, -0.2) is 48.2 Å². The van der Waals surface area contributed by atoms with Crippen LogP contribution < -0.4 is 14.8 Å². The molecule has 1 N–H and O–H groups in total. The van der Waals surface area contributed by atoms with Crippen LogP contribution in [0.1, 0.15) is 48.4 Å². The molecule has 1 amide bonds. The molecule has 1 aromatic carbocycles. The summed E-state index contributed by atoms with van der Waals surface area (Å²) in [6.45, 7) is 5.47. The summed E-state index contributed by atoms with van der Waals surface area (Å²) >= 11 is 0. The van der Waals surface area contributed by atoms with Gasteiger partial charge >= 0.3 is 6.18 Å². The van der Waals surface area contributed by atoms with Gasteiger partial charge in [0.05, 0.1) is 18.8 Å². The second-order valence-electron chi connectivity index (χ2n) is 8.59. The van der Waals surface area contributed by atoms with Crippen molar-refractivity contribution >= 4 is 5.91 Å². The molecular formula is C23H28F3N3O3. The minimum Gasteiger partial charge on any atom is -0.493 e. The first-order valence-electron chi connectivity index (χ1n) is 10.8.